The summed E-state index contributed by atoms with van der Waals surface area (Å²) in [5.41, 5.74) is 1.02. The van der Waals surface area contributed by atoms with E-state index in [2.05, 4.69) is 4.98 Å². The summed E-state index contributed by atoms with van der Waals surface area (Å²) < 4.78 is 14.1. The first-order valence-electron chi connectivity index (χ1n) is 9.76. The highest BCUT2D eigenvalue weighted by atomic mass is 16.7. The number of amides is 1. The van der Waals surface area contributed by atoms with E-state index in [0.717, 1.165) is 5.82 Å². The van der Waals surface area contributed by atoms with Crippen molar-refractivity contribution in [2.24, 2.45) is 7.05 Å². The molecule has 0 fully saturated rings. The molecule has 2 aromatic heterocycles. The highest BCUT2D eigenvalue weighted by molar-refractivity contribution is 5.95. The molecule has 0 saturated carbocycles. The van der Waals surface area contributed by atoms with E-state index < -0.39 is 0 Å². The van der Waals surface area contributed by atoms with Crippen LogP contribution in [0.4, 0.5) is 0 Å². The average Bonchev–Trinajstić information content (AvgIpc) is 3.33. The van der Waals surface area contributed by atoms with Crippen molar-refractivity contribution in [3.8, 4) is 17.2 Å². The molecule has 156 valence electrons. The molecule has 3 aromatic rings. The Balaban J connectivity index is 1.74. The molecule has 8 heteroatoms. The predicted molar refractivity (Wildman–Crippen MR) is 111 cm³/mol. The van der Waals surface area contributed by atoms with Crippen molar-refractivity contribution in [3.63, 3.8) is 0 Å². The van der Waals surface area contributed by atoms with Crippen molar-refractivity contribution in [3.05, 3.63) is 70.2 Å². The van der Waals surface area contributed by atoms with Crippen LogP contribution in [0.1, 0.15) is 35.6 Å². The van der Waals surface area contributed by atoms with Crippen LogP contribution in [0.15, 0.2) is 47.7 Å². The summed E-state index contributed by atoms with van der Waals surface area (Å²) in [7, 11) is 1.88. The molecule has 0 atom stereocenters. The van der Waals surface area contributed by atoms with E-state index in [1.807, 2.05) is 31.7 Å². The molecule has 0 aliphatic carbocycles. The van der Waals surface area contributed by atoms with Crippen LogP contribution in [0, 0.1) is 6.92 Å². The molecule has 30 heavy (non-hydrogen) atoms. The molecule has 1 aromatic carbocycles. The van der Waals surface area contributed by atoms with Crippen LogP contribution < -0.4 is 15.0 Å². The zero-order valence-electron chi connectivity index (χ0n) is 17.5. The molecule has 1 aliphatic heterocycles. The Morgan fingerprint density at radius 2 is 1.97 bits per heavy atom. The van der Waals surface area contributed by atoms with E-state index >= 15 is 0 Å². The number of aromatic nitrogens is 3. The van der Waals surface area contributed by atoms with Crippen LogP contribution in [0.3, 0.4) is 0 Å². The van der Waals surface area contributed by atoms with Gasteiger partial charge in [0.25, 0.3) is 11.5 Å². The van der Waals surface area contributed by atoms with E-state index in [-0.39, 0.29) is 29.9 Å². The molecule has 0 radical (unpaired) electrons. The fourth-order valence-electron chi connectivity index (χ4n) is 3.46. The van der Waals surface area contributed by atoms with E-state index in [1.54, 1.807) is 48.5 Å². The number of imidazole rings is 1. The second-order valence-electron chi connectivity index (χ2n) is 7.57. The fourth-order valence-corrected chi connectivity index (χ4v) is 3.46. The van der Waals surface area contributed by atoms with Gasteiger partial charge in [-0.05, 0) is 44.5 Å². The van der Waals surface area contributed by atoms with Gasteiger partial charge in [-0.25, -0.2) is 4.98 Å². The van der Waals surface area contributed by atoms with Crippen LogP contribution in [0.25, 0.3) is 5.69 Å². The maximum atomic E-state index is 13.5. The number of hydrogen-bond donors (Lipinski definition) is 0. The third kappa shape index (κ3) is 3.45. The lowest BCUT2D eigenvalue weighted by Gasteiger charge is -2.27. The van der Waals surface area contributed by atoms with Gasteiger partial charge in [-0.1, -0.05) is 0 Å². The Labute approximate surface area is 174 Å². The normalized spacial score (nSPS) is 12.4. The topological polar surface area (TPSA) is 78.6 Å². The van der Waals surface area contributed by atoms with Crippen LogP contribution in [0.5, 0.6) is 11.5 Å². The number of ether oxygens (including phenoxy) is 2. The van der Waals surface area contributed by atoms with Crippen LogP contribution in [-0.4, -0.2) is 37.8 Å². The van der Waals surface area contributed by atoms with E-state index in [9.17, 15) is 9.59 Å². The molecule has 0 N–H and O–H groups in total. The highest BCUT2D eigenvalue weighted by Crippen LogP contribution is 2.33. The van der Waals surface area contributed by atoms with Gasteiger partial charge in [-0.15, -0.1) is 0 Å². The number of pyridine rings is 1. The van der Waals surface area contributed by atoms with Crippen molar-refractivity contribution in [2.45, 2.75) is 33.4 Å². The van der Waals surface area contributed by atoms with Crippen LogP contribution in [0.2, 0.25) is 0 Å². The fraction of sp³-hybridized carbons (Fsp3) is 0.318. The maximum Gasteiger partial charge on any atom is 0.268 e. The minimum Gasteiger partial charge on any atom is -0.454 e. The Hall–Kier alpha value is -3.55. The van der Waals surface area contributed by atoms with Gasteiger partial charge in [0.05, 0.1) is 12.2 Å². The first-order chi connectivity index (χ1) is 14.4. The predicted octanol–water partition coefficient (Wildman–Crippen LogP) is 2.66. The second kappa shape index (κ2) is 7.70. The van der Waals surface area contributed by atoms with Gasteiger partial charge >= 0.3 is 0 Å². The van der Waals surface area contributed by atoms with Gasteiger partial charge < -0.3 is 18.9 Å². The van der Waals surface area contributed by atoms with Gasteiger partial charge in [-0.2, -0.15) is 0 Å². The molecule has 1 amide bonds. The van der Waals surface area contributed by atoms with Crippen molar-refractivity contribution in [2.75, 3.05) is 6.79 Å². The summed E-state index contributed by atoms with van der Waals surface area (Å²) in [5, 5.41) is 0. The Morgan fingerprint density at radius 1 is 1.20 bits per heavy atom. The lowest BCUT2D eigenvalue weighted by molar-refractivity contribution is 0.0680. The third-order valence-electron chi connectivity index (χ3n) is 5.27. The summed E-state index contributed by atoms with van der Waals surface area (Å²) in [5.74, 6) is 1.65. The van der Waals surface area contributed by atoms with Crippen molar-refractivity contribution >= 4 is 5.91 Å². The van der Waals surface area contributed by atoms with Gasteiger partial charge in [-0.3, -0.25) is 14.2 Å². The summed E-state index contributed by atoms with van der Waals surface area (Å²) in [4.78, 5) is 32.8. The largest absolute Gasteiger partial charge is 0.454 e. The van der Waals surface area contributed by atoms with Gasteiger partial charge in [0.1, 0.15) is 11.4 Å². The van der Waals surface area contributed by atoms with Gasteiger partial charge in [0.15, 0.2) is 11.5 Å². The molecular weight excluding hydrogens is 384 g/mol. The number of aryl methyl sites for hydroxylation is 2. The summed E-state index contributed by atoms with van der Waals surface area (Å²) >= 11 is 0. The number of carbonyl (C=O) groups is 1. The average molecular weight is 408 g/mol. The Kier molecular flexibility index (Phi) is 5.07. The van der Waals surface area contributed by atoms with Gasteiger partial charge in [0, 0.05) is 37.7 Å². The van der Waals surface area contributed by atoms with Crippen LogP contribution >= 0.6 is 0 Å². The summed E-state index contributed by atoms with van der Waals surface area (Å²) in [6, 6.07) is 6.94. The minimum absolute atomic E-state index is 0.104. The first kappa shape index (κ1) is 19.8. The quantitative estimate of drug-likeness (QED) is 0.649. The third-order valence-corrected chi connectivity index (χ3v) is 5.27. The van der Waals surface area contributed by atoms with Crippen molar-refractivity contribution < 1.29 is 14.3 Å². The molecule has 4 rings (SSSR count). The number of hydrogen-bond acceptors (Lipinski definition) is 5. The molecular formula is C22H24N4O4. The molecule has 0 spiro atoms. The van der Waals surface area contributed by atoms with Crippen molar-refractivity contribution in [1.29, 1.82) is 0 Å². The molecule has 0 unspecified atom stereocenters. The molecule has 3 heterocycles. The SMILES string of the molecule is Cc1ccn(-c2ccc3c(c2)OCO3)c(=O)c1C(=O)N(Cc1nccn1C)C(C)C. The smallest absolute Gasteiger partial charge is 0.268 e. The zero-order chi connectivity index (χ0) is 21.4. The summed E-state index contributed by atoms with van der Waals surface area (Å²) in [6.45, 7) is 6.10. The molecule has 0 bridgehead atoms. The first-order valence-corrected chi connectivity index (χ1v) is 9.76. The lowest BCUT2D eigenvalue weighted by atomic mass is 10.1. The molecule has 8 nitrogen and oxygen atoms in total. The van der Waals surface area contributed by atoms with Crippen molar-refractivity contribution in [1.82, 2.24) is 19.0 Å². The standard InChI is InChI=1S/C22H24N4O4/c1-14(2)26(12-19-23-8-10-24(19)4)22(28)20-15(3)7-9-25(21(20)27)16-5-6-17-18(11-16)30-13-29-17/h5-11,14H,12-13H2,1-4H3. The van der Waals surface area contributed by atoms with E-state index in [4.69, 9.17) is 9.47 Å². The highest BCUT2D eigenvalue weighted by Gasteiger charge is 2.26. The Morgan fingerprint density at radius 3 is 2.67 bits per heavy atom. The molecule has 0 saturated heterocycles. The van der Waals surface area contributed by atoms with E-state index in [1.165, 1.54) is 4.57 Å². The number of rotatable bonds is 5. The minimum atomic E-state index is -0.371. The number of carbonyl (C=O) groups excluding carboxylic acids is 1. The lowest BCUT2D eigenvalue weighted by Crippen LogP contribution is -2.41. The maximum absolute atomic E-state index is 13.5. The van der Waals surface area contributed by atoms with Crippen LogP contribution in [-0.2, 0) is 13.6 Å². The molecule has 1 aliphatic rings. The van der Waals surface area contributed by atoms with Gasteiger partial charge in [0.2, 0.25) is 6.79 Å². The number of fused-ring (bicyclic) bond motifs is 1. The summed E-state index contributed by atoms with van der Waals surface area (Å²) in [6.07, 6.45) is 5.20. The number of nitrogens with zero attached hydrogens (tertiary/aromatic N) is 4. The second-order valence-corrected chi connectivity index (χ2v) is 7.57. The number of benzene rings is 1. The zero-order valence-corrected chi connectivity index (χ0v) is 17.5. The monoisotopic (exact) mass is 408 g/mol. The Bertz CT molecular complexity index is 1160. The van der Waals surface area contributed by atoms with E-state index in [0.29, 0.717) is 29.3 Å².